The molecule has 1 saturated heterocycles. The maximum atomic E-state index is 9.17. The number of nitrogens with zero attached hydrogens (tertiary/aromatic N) is 2. The highest BCUT2D eigenvalue weighted by Gasteiger charge is 2.47. The fraction of sp³-hybridized carbons (Fsp3) is 0.417. The molecule has 76 valence electrons. The minimum absolute atomic E-state index is 0.461. The number of piperidine rings is 1. The molecule has 0 radical (unpaired) electrons. The SMILES string of the molecule is N#CC1(Cl)CC2CCN1c1ccccc12. The van der Waals surface area contributed by atoms with Crippen LogP contribution in [0.25, 0.3) is 0 Å². The summed E-state index contributed by atoms with van der Waals surface area (Å²) in [5.74, 6) is 0.461. The van der Waals surface area contributed by atoms with E-state index in [2.05, 4.69) is 24.3 Å². The average molecular weight is 219 g/mol. The standard InChI is InChI=1S/C12H11ClN2/c13-12(8-14)7-9-5-6-15(12)11-4-2-1-3-10(9)11/h1-4,9H,5-7H2. The van der Waals surface area contributed by atoms with Crippen molar-refractivity contribution in [3.05, 3.63) is 29.8 Å². The number of benzene rings is 1. The van der Waals surface area contributed by atoms with Crippen LogP contribution in [0.15, 0.2) is 24.3 Å². The van der Waals surface area contributed by atoms with Crippen molar-refractivity contribution in [2.75, 3.05) is 11.4 Å². The molecule has 1 aromatic carbocycles. The Balaban J connectivity index is 2.18. The lowest BCUT2D eigenvalue weighted by Crippen LogP contribution is -2.52. The Morgan fingerprint density at radius 2 is 2.27 bits per heavy atom. The summed E-state index contributed by atoms with van der Waals surface area (Å²) in [5.41, 5.74) is 2.51. The van der Waals surface area contributed by atoms with Crippen LogP contribution < -0.4 is 4.90 Å². The second-order valence-electron chi connectivity index (χ2n) is 4.27. The highest BCUT2D eigenvalue weighted by atomic mass is 35.5. The summed E-state index contributed by atoms with van der Waals surface area (Å²) in [6, 6.07) is 10.5. The maximum absolute atomic E-state index is 9.17. The van der Waals surface area contributed by atoms with Crippen molar-refractivity contribution in [3.8, 4) is 6.07 Å². The lowest BCUT2D eigenvalue weighted by Gasteiger charge is -2.49. The van der Waals surface area contributed by atoms with Gasteiger partial charge in [-0.05, 0) is 24.0 Å². The van der Waals surface area contributed by atoms with E-state index in [1.54, 1.807) is 0 Å². The number of halogens is 1. The van der Waals surface area contributed by atoms with Crippen LogP contribution in [0.1, 0.15) is 24.3 Å². The zero-order chi connectivity index (χ0) is 10.5. The summed E-state index contributed by atoms with van der Waals surface area (Å²) in [5, 5.41) is 9.17. The van der Waals surface area contributed by atoms with Crippen molar-refractivity contribution in [3.63, 3.8) is 0 Å². The van der Waals surface area contributed by atoms with Gasteiger partial charge in [0.05, 0.1) is 0 Å². The Morgan fingerprint density at radius 3 is 3.07 bits per heavy atom. The van der Waals surface area contributed by atoms with Gasteiger partial charge in [-0.3, -0.25) is 0 Å². The van der Waals surface area contributed by atoms with E-state index in [0.717, 1.165) is 25.1 Å². The molecule has 15 heavy (non-hydrogen) atoms. The number of hydrogen-bond acceptors (Lipinski definition) is 2. The van der Waals surface area contributed by atoms with Crippen LogP contribution in [0.4, 0.5) is 5.69 Å². The normalized spacial score (nSPS) is 32.3. The van der Waals surface area contributed by atoms with E-state index < -0.39 is 5.00 Å². The minimum atomic E-state index is -0.808. The smallest absolute Gasteiger partial charge is 0.203 e. The quantitative estimate of drug-likeness (QED) is 0.495. The molecule has 2 bridgehead atoms. The van der Waals surface area contributed by atoms with Crippen LogP contribution in [0, 0.1) is 11.3 Å². The fourth-order valence-electron chi connectivity index (χ4n) is 2.76. The molecule has 0 aliphatic carbocycles. The van der Waals surface area contributed by atoms with Crippen LogP contribution in [0.3, 0.4) is 0 Å². The lowest BCUT2D eigenvalue weighted by atomic mass is 9.79. The predicted octanol–water partition coefficient (Wildman–Crippen LogP) is 2.84. The number of fused-ring (bicyclic) bond motifs is 2. The summed E-state index contributed by atoms with van der Waals surface area (Å²) >= 11 is 6.35. The molecule has 0 saturated carbocycles. The van der Waals surface area contributed by atoms with Gasteiger partial charge < -0.3 is 4.90 Å². The Morgan fingerprint density at radius 1 is 1.47 bits per heavy atom. The van der Waals surface area contributed by atoms with E-state index in [-0.39, 0.29) is 0 Å². The second-order valence-corrected chi connectivity index (χ2v) is 4.90. The van der Waals surface area contributed by atoms with Gasteiger partial charge in [0.15, 0.2) is 0 Å². The van der Waals surface area contributed by atoms with Gasteiger partial charge in [0.2, 0.25) is 5.00 Å². The molecule has 1 fully saturated rings. The molecule has 3 heterocycles. The Labute approximate surface area is 94.1 Å². The van der Waals surface area contributed by atoms with Crippen LogP contribution in [-0.2, 0) is 0 Å². The summed E-state index contributed by atoms with van der Waals surface area (Å²) in [6.07, 6.45) is 1.87. The molecule has 3 aliphatic rings. The van der Waals surface area contributed by atoms with E-state index in [1.807, 2.05) is 11.0 Å². The zero-order valence-electron chi connectivity index (χ0n) is 8.28. The van der Waals surface area contributed by atoms with Gasteiger partial charge in [0, 0.05) is 18.7 Å². The Hall–Kier alpha value is -1.20. The summed E-state index contributed by atoms with van der Waals surface area (Å²) in [4.78, 5) is 1.24. The molecule has 2 nitrogen and oxygen atoms in total. The van der Waals surface area contributed by atoms with Crippen LogP contribution >= 0.6 is 11.6 Å². The van der Waals surface area contributed by atoms with Crippen LogP contribution in [0.2, 0.25) is 0 Å². The first-order valence-corrected chi connectivity index (χ1v) is 5.59. The summed E-state index contributed by atoms with van der Waals surface area (Å²) in [6.45, 7) is 0.902. The highest BCUT2D eigenvalue weighted by Crippen LogP contribution is 2.50. The molecule has 0 N–H and O–H groups in total. The predicted molar refractivity (Wildman–Crippen MR) is 60.0 cm³/mol. The first kappa shape index (κ1) is 9.06. The van der Waals surface area contributed by atoms with Crippen molar-refractivity contribution in [1.82, 2.24) is 0 Å². The number of hydrogen-bond donors (Lipinski definition) is 0. The topological polar surface area (TPSA) is 27.0 Å². The number of anilines is 1. The number of para-hydroxylation sites is 1. The van der Waals surface area contributed by atoms with Gasteiger partial charge in [0.1, 0.15) is 6.07 Å². The molecule has 3 aliphatic heterocycles. The average Bonchev–Trinajstić information content (AvgIpc) is 2.30. The second kappa shape index (κ2) is 2.90. The van der Waals surface area contributed by atoms with E-state index in [4.69, 9.17) is 11.6 Å². The van der Waals surface area contributed by atoms with E-state index >= 15 is 0 Å². The van der Waals surface area contributed by atoms with Crippen LogP contribution in [-0.4, -0.2) is 11.5 Å². The van der Waals surface area contributed by atoms with E-state index in [0.29, 0.717) is 5.92 Å². The third kappa shape index (κ3) is 1.10. The first-order chi connectivity index (χ1) is 7.24. The minimum Gasteiger partial charge on any atom is -0.341 e. The Kier molecular flexibility index (Phi) is 1.75. The maximum Gasteiger partial charge on any atom is 0.203 e. The van der Waals surface area contributed by atoms with Gasteiger partial charge in [0.25, 0.3) is 0 Å². The lowest BCUT2D eigenvalue weighted by molar-refractivity contribution is 0.401. The molecular formula is C12H11ClN2. The van der Waals surface area contributed by atoms with Gasteiger partial charge in [-0.15, -0.1) is 0 Å². The molecule has 2 unspecified atom stereocenters. The molecule has 0 aromatic heterocycles. The molecule has 2 atom stereocenters. The molecule has 1 aromatic rings. The fourth-order valence-corrected chi connectivity index (χ4v) is 3.12. The van der Waals surface area contributed by atoms with Crippen molar-refractivity contribution in [2.24, 2.45) is 0 Å². The van der Waals surface area contributed by atoms with E-state index in [9.17, 15) is 5.26 Å². The third-order valence-electron chi connectivity index (χ3n) is 3.48. The molecule has 0 spiro atoms. The third-order valence-corrected chi connectivity index (χ3v) is 3.93. The van der Waals surface area contributed by atoms with Crippen molar-refractivity contribution in [1.29, 1.82) is 5.26 Å². The highest BCUT2D eigenvalue weighted by molar-refractivity contribution is 6.27. The monoisotopic (exact) mass is 218 g/mol. The molecular weight excluding hydrogens is 208 g/mol. The van der Waals surface area contributed by atoms with Gasteiger partial charge in [-0.25, -0.2) is 0 Å². The number of nitriles is 1. The molecule has 0 amide bonds. The molecule has 4 rings (SSSR count). The van der Waals surface area contributed by atoms with Gasteiger partial charge in [-0.1, -0.05) is 29.8 Å². The zero-order valence-corrected chi connectivity index (χ0v) is 9.04. The number of rotatable bonds is 0. The summed E-state index contributed by atoms with van der Waals surface area (Å²) < 4.78 is 0. The Bertz CT molecular complexity index is 451. The van der Waals surface area contributed by atoms with Crippen molar-refractivity contribution >= 4 is 17.3 Å². The summed E-state index contributed by atoms with van der Waals surface area (Å²) in [7, 11) is 0. The first-order valence-electron chi connectivity index (χ1n) is 5.21. The number of alkyl halides is 1. The van der Waals surface area contributed by atoms with Gasteiger partial charge in [-0.2, -0.15) is 5.26 Å². The van der Waals surface area contributed by atoms with E-state index in [1.165, 1.54) is 5.56 Å². The van der Waals surface area contributed by atoms with Crippen LogP contribution in [0.5, 0.6) is 0 Å². The van der Waals surface area contributed by atoms with Gasteiger partial charge >= 0.3 is 0 Å². The van der Waals surface area contributed by atoms with Crippen molar-refractivity contribution in [2.45, 2.75) is 23.8 Å². The van der Waals surface area contributed by atoms with Crippen molar-refractivity contribution < 1.29 is 0 Å². The molecule has 3 heteroatoms. The largest absolute Gasteiger partial charge is 0.341 e.